The van der Waals surface area contributed by atoms with E-state index in [1.165, 1.54) is 0 Å². The Morgan fingerprint density at radius 1 is 0.862 bits per heavy atom. The van der Waals surface area contributed by atoms with Gasteiger partial charge >= 0.3 is 0 Å². The van der Waals surface area contributed by atoms with Crippen molar-refractivity contribution in [2.75, 3.05) is 13.1 Å². The molecule has 1 atom stereocenters. The third kappa shape index (κ3) is 6.53. The molecule has 0 aliphatic carbocycles. The third-order valence-corrected chi connectivity index (χ3v) is 5.07. The molecular weight excluding hydrogens is 407 g/mol. The van der Waals surface area contributed by atoms with Crippen molar-refractivity contribution in [3.8, 4) is 0 Å². The fourth-order valence-electron chi connectivity index (χ4n) is 2.97. The summed E-state index contributed by atoms with van der Waals surface area (Å²) < 4.78 is 0. The van der Waals surface area contributed by atoms with Crippen molar-refractivity contribution < 1.29 is 4.79 Å². The van der Waals surface area contributed by atoms with Gasteiger partial charge in [0.15, 0.2) is 0 Å². The summed E-state index contributed by atoms with van der Waals surface area (Å²) in [7, 11) is 0. The monoisotopic (exact) mass is 428 g/mol. The molecule has 0 aliphatic heterocycles. The molecule has 150 valence electrons. The maximum atomic E-state index is 12.9. The first-order valence-corrected chi connectivity index (χ1v) is 10.1. The van der Waals surface area contributed by atoms with Gasteiger partial charge in [-0.2, -0.15) is 0 Å². The Balaban J connectivity index is 1.65. The topological polar surface area (TPSA) is 66.9 Å². The van der Waals surface area contributed by atoms with Crippen LogP contribution in [0.2, 0.25) is 10.0 Å². The second kappa shape index (κ2) is 10.9. The molecule has 0 fully saturated rings. The SMILES string of the molecule is O=C(NCCc1ccncc1)C(NCCc1ccncc1)c1ccc(Cl)cc1Cl. The van der Waals surface area contributed by atoms with Gasteiger partial charge in [-0.3, -0.25) is 14.8 Å². The fourth-order valence-corrected chi connectivity index (χ4v) is 3.49. The Labute approximate surface area is 180 Å². The van der Waals surface area contributed by atoms with Crippen LogP contribution in [-0.2, 0) is 17.6 Å². The summed E-state index contributed by atoms with van der Waals surface area (Å²) >= 11 is 12.4. The van der Waals surface area contributed by atoms with E-state index >= 15 is 0 Å². The summed E-state index contributed by atoms with van der Waals surface area (Å²) in [5.74, 6) is -0.127. The molecule has 0 bridgehead atoms. The number of benzene rings is 1. The number of hydrogen-bond acceptors (Lipinski definition) is 4. The molecule has 29 heavy (non-hydrogen) atoms. The van der Waals surface area contributed by atoms with E-state index in [0.29, 0.717) is 28.7 Å². The lowest BCUT2D eigenvalue weighted by Crippen LogP contribution is -2.39. The number of hydrogen-bond donors (Lipinski definition) is 2. The number of carbonyl (C=O) groups is 1. The molecule has 0 saturated carbocycles. The molecule has 0 aliphatic rings. The number of pyridine rings is 2. The minimum Gasteiger partial charge on any atom is -0.354 e. The quantitative estimate of drug-likeness (QED) is 0.539. The molecule has 0 spiro atoms. The van der Waals surface area contributed by atoms with Crippen LogP contribution in [0.4, 0.5) is 0 Å². The van der Waals surface area contributed by atoms with Crippen molar-refractivity contribution in [2.45, 2.75) is 18.9 Å². The zero-order valence-electron chi connectivity index (χ0n) is 15.8. The van der Waals surface area contributed by atoms with Crippen molar-refractivity contribution in [2.24, 2.45) is 0 Å². The fraction of sp³-hybridized carbons (Fsp3) is 0.227. The number of rotatable bonds is 9. The van der Waals surface area contributed by atoms with E-state index in [9.17, 15) is 4.79 Å². The lowest BCUT2D eigenvalue weighted by molar-refractivity contribution is -0.123. The molecular formula is C22H22Cl2N4O. The minimum absolute atomic E-state index is 0.127. The first kappa shape index (κ1) is 21.2. The molecule has 3 rings (SSSR count). The van der Waals surface area contributed by atoms with Crippen molar-refractivity contribution in [1.29, 1.82) is 0 Å². The predicted molar refractivity (Wildman–Crippen MR) is 116 cm³/mol. The van der Waals surface area contributed by atoms with Gasteiger partial charge in [-0.15, -0.1) is 0 Å². The van der Waals surface area contributed by atoms with E-state index in [1.54, 1.807) is 43.0 Å². The standard InChI is InChI=1S/C22H22Cl2N4O/c23-18-1-2-19(20(24)15-18)21(27-13-7-16-3-9-25-10-4-16)22(29)28-14-8-17-5-11-26-12-6-17/h1-6,9-12,15,21,27H,7-8,13-14H2,(H,28,29). The van der Waals surface area contributed by atoms with Gasteiger partial charge < -0.3 is 10.6 Å². The normalized spacial score (nSPS) is 11.8. The molecule has 2 heterocycles. The zero-order chi connectivity index (χ0) is 20.5. The van der Waals surface area contributed by atoms with Crippen LogP contribution in [0.1, 0.15) is 22.7 Å². The number of halogens is 2. The Morgan fingerprint density at radius 3 is 2.03 bits per heavy atom. The molecule has 5 nitrogen and oxygen atoms in total. The molecule has 1 amide bonds. The van der Waals surface area contributed by atoms with Crippen molar-refractivity contribution in [3.63, 3.8) is 0 Å². The molecule has 1 unspecified atom stereocenters. The molecule has 7 heteroatoms. The largest absolute Gasteiger partial charge is 0.354 e. The highest BCUT2D eigenvalue weighted by Gasteiger charge is 2.22. The van der Waals surface area contributed by atoms with Crippen molar-refractivity contribution in [3.05, 3.63) is 94.0 Å². The van der Waals surface area contributed by atoms with Crippen LogP contribution in [-0.4, -0.2) is 29.0 Å². The minimum atomic E-state index is -0.570. The maximum Gasteiger partial charge on any atom is 0.241 e. The first-order valence-electron chi connectivity index (χ1n) is 9.37. The second-order valence-corrected chi connectivity index (χ2v) is 7.40. The van der Waals surface area contributed by atoms with E-state index in [4.69, 9.17) is 23.2 Å². The van der Waals surface area contributed by atoms with Crippen LogP contribution in [0.25, 0.3) is 0 Å². The summed E-state index contributed by atoms with van der Waals surface area (Å²) in [6.07, 6.45) is 8.51. The number of aromatic nitrogens is 2. The van der Waals surface area contributed by atoms with Crippen LogP contribution in [0.3, 0.4) is 0 Å². The van der Waals surface area contributed by atoms with Gasteiger partial charge in [0.25, 0.3) is 0 Å². The van der Waals surface area contributed by atoms with Crippen LogP contribution >= 0.6 is 23.2 Å². The smallest absolute Gasteiger partial charge is 0.241 e. The Bertz CT molecular complexity index is 923. The predicted octanol–water partition coefficient (Wildman–Crippen LogP) is 4.02. The molecule has 0 radical (unpaired) electrons. The summed E-state index contributed by atoms with van der Waals surface area (Å²) in [5.41, 5.74) is 2.96. The number of amides is 1. The summed E-state index contributed by atoms with van der Waals surface area (Å²) in [5, 5.41) is 7.32. The average molecular weight is 429 g/mol. The average Bonchev–Trinajstić information content (AvgIpc) is 2.73. The molecule has 3 aromatic rings. The number of nitrogens with one attached hydrogen (secondary N) is 2. The van der Waals surface area contributed by atoms with Crippen molar-refractivity contribution >= 4 is 29.1 Å². The Morgan fingerprint density at radius 2 is 1.45 bits per heavy atom. The van der Waals surface area contributed by atoms with Gasteiger partial charge in [0, 0.05) is 47.9 Å². The number of carbonyl (C=O) groups excluding carboxylic acids is 1. The van der Waals surface area contributed by atoms with Gasteiger partial charge in [-0.05, 0) is 65.9 Å². The first-order chi connectivity index (χ1) is 14.1. The molecule has 2 aromatic heterocycles. The number of nitrogens with zero attached hydrogens (tertiary/aromatic N) is 2. The van der Waals surface area contributed by atoms with Crippen LogP contribution < -0.4 is 10.6 Å². The van der Waals surface area contributed by atoms with E-state index in [1.807, 2.05) is 24.3 Å². The Kier molecular flexibility index (Phi) is 7.99. The van der Waals surface area contributed by atoms with Gasteiger partial charge in [-0.25, -0.2) is 0 Å². The van der Waals surface area contributed by atoms with E-state index < -0.39 is 6.04 Å². The van der Waals surface area contributed by atoms with Gasteiger partial charge in [0.1, 0.15) is 6.04 Å². The lowest BCUT2D eigenvalue weighted by atomic mass is 10.0. The summed E-state index contributed by atoms with van der Waals surface area (Å²) in [6, 6.07) is 12.4. The highest BCUT2D eigenvalue weighted by molar-refractivity contribution is 6.35. The zero-order valence-corrected chi connectivity index (χ0v) is 17.3. The van der Waals surface area contributed by atoms with Crippen LogP contribution in [0.5, 0.6) is 0 Å². The molecule has 1 aromatic carbocycles. The Hall–Kier alpha value is -2.47. The van der Waals surface area contributed by atoms with Crippen LogP contribution in [0.15, 0.2) is 67.3 Å². The van der Waals surface area contributed by atoms with Crippen LogP contribution in [0, 0.1) is 0 Å². The lowest BCUT2D eigenvalue weighted by Gasteiger charge is -2.20. The highest BCUT2D eigenvalue weighted by atomic mass is 35.5. The third-order valence-electron chi connectivity index (χ3n) is 4.51. The maximum absolute atomic E-state index is 12.9. The molecule has 0 saturated heterocycles. The summed E-state index contributed by atoms with van der Waals surface area (Å²) in [6.45, 7) is 1.14. The van der Waals surface area contributed by atoms with E-state index in [-0.39, 0.29) is 5.91 Å². The van der Waals surface area contributed by atoms with E-state index in [0.717, 1.165) is 24.0 Å². The highest BCUT2D eigenvalue weighted by Crippen LogP contribution is 2.26. The van der Waals surface area contributed by atoms with Gasteiger partial charge in [0.05, 0.1) is 0 Å². The van der Waals surface area contributed by atoms with E-state index in [2.05, 4.69) is 20.6 Å². The van der Waals surface area contributed by atoms with Crippen molar-refractivity contribution in [1.82, 2.24) is 20.6 Å². The van der Waals surface area contributed by atoms with Gasteiger partial charge in [0.2, 0.25) is 5.91 Å². The second-order valence-electron chi connectivity index (χ2n) is 6.55. The molecule has 2 N–H and O–H groups in total. The van der Waals surface area contributed by atoms with Gasteiger partial charge in [-0.1, -0.05) is 29.3 Å². The summed E-state index contributed by atoms with van der Waals surface area (Å²) in [4.78, 5) is 21.0.